The lowest BCUT2D eigenvalue weighted by Gasteiger charge is -2.03. The highest BCUT2D eigenvalue weighted by Gasteiger charge is 2.20. The predicted molar refractivity (Wildman–Crippen MR) is 69.9 cm³/mol. The monoisotopic (exact) mass is 325 g/mol. The lowest BCUT2D eigenvalue weighted by molar-refractivity contribution is -0.385. The van der Waals surface area contributed by atoms with Crippen LogP contribution in [0.4, 0.5) is 11.6 Å². The van der Waals surface area contributed by atoms with Crippen LogP contribution >= 0.6 is 15.9 Å². The van der Waals surface area contributed by atoms with Crippen molar-refractivity contribution in [1.29, 1.82) is 0 Å². The zero-order valence-corrected chi connectivity index (χ0v) is 11.3. The van der Waals surface area contributed by atoms with E-state index in [1.54, 1.807) is 6.92 Å². The quantitative estimate of drug-likeness (QED) is 0.662. The van der Waals surface area contributed by atoms with Crippen molar-refractivity contribution in [2.45, 2.75) is 6.92 Å². The highest BCUT2D eigenvalue weighted by Crippen LogP contribution is 2.28. The molecule has 8 nitrogen and oxygen atoms in total. The number of aromatic amines is 1. The third-order valence-corrected chi connectivity index (χ3v) is 3.08. The minimum Gasteiger partial charge on any atom is -0.289 e. The molecule has 0 aliphatic rings. The van der Waals surface area contributed by atoms with Gasteiger partial charge in [-0.1, -0.05) is 6.07 Å². The fraction of sp³-hybridized carbons (Fsp3) is 0.100. The maximum Gasteiger partial charge on any atom is 0.284 e. The van der Waals surface area contributed by atoms with Crippen LogP contribution < -0.4 is 5.32 Å². The SMILES string of the molecule is Cc1nc(NC(=O)c2cccc([N+](=O)[O-])c2Br)n[nH]1. The summed E-state index contributed by atoms with van der Waals surface area (Å²) in [6.45, 7) is 1.69. The lowest BCUT2D eigenvalue weighted by atomic mass is 10.2. The zero-order valence-electron chi connectivity index (χ0n) is 9.68. The van der Waals surface area contributed by atoms with Crippen molar-refractivity contribution in [3.8, 4) is 0 Å². The zero-order chi connectivity index (χ0) is 14.0. The van der Waals surface area contributed by atoms with Crippen LogP contribution in [0.1, 0.15) is 16.2 Å². The van der Waals surface area contributed by atoms with Crippen LogP contribution in [-0.2, 0) is 0 Å². The molecular weight excluding hydrogens is 318 g/mol. The molecule has 0 saturated heterocycles. The van der Waals surface area contributed by atoms with E-state index in [-0.39, 0.29) is 21.7 Å². The molecule has 0 aliphatic heterocycles. The normalized spacial score (nSPS) is 10.2. The fourth-order valence-electron chi connectivity index (χ4n) is 1.40. The van der Waals surface area contributed by atoms with Gasteiger partial charge in [-0.05, 0) is 28.9 Å². The van der Waals surface area contributed by atoms with Gasteiger partial charge in [-0.2, -0.15) is 4.98 Å². The number of aromatic nitrogens is 3. The van der Waals surface area contributed by atoms with Crippen LogP contribution in [0, 0.1) is 17.0 Å². The lowest BCUT2D eigenvalue weighted by Crippen LogP contribution is -2.14. The maximum atomic E-state index is 12.0. The molecule has 0 unspecified atom stereocenters. The second-order valence-corrected chi connectivity index (χ2v) is 4.39. The summed E-state index contributed by atoms with van der Waals surface area (Å²) in [7, 11) is 0. The largest absolute Gasteiger partial charge is 0.289 e. The minimum atomic E-state index is -0.572. The average molecular weight is 326 g/mol. The van der Waals surface area contributed by atoms with E-state index in [1.165, 1.54) is 18.2 Å². The summed E-state index contributed by atoms with van der Waals surface area (Å²) in [6, 6.07) is 4.20. The molecule has 0 aliphatic carbocycles. The van der Waals surface area contributed by atoms with Gasteiger partial charge < -0.3 is 0 Å². The van der Waals surface area contributed by atoms with Crippen molar-refractivity contribution in [3.63, 3.8) is 0 Å². The van der Waals surface area contributed by atoms with Crippen LogP contribution in [0.2, 0.25) is 0 Å². The third kappa shape index (κ3) is 2.76. The van der Waals surface area contributed by atoms with Gasteiger partial charge in [0.05, 0.1) is 10.5 Å². The Morgan fingerprint density at radius 3 is 2.84 bits per heavy atom. The number of halogens is 1. The number of nitrogens with zero attached hydrogens (tertiary/aromatic N) is 3. The van der Waals surface area contributed by atoms with Gasteiger partial charge in [0.2, 0.25) is 5.95 Å². The smallest absolute Gasteiger partial charge is 0.284 e. The van der Waals surface area contributed by atoms with Gasteiger partial charge in [0.1, 0.15) is 10.3 Å². The van der Waals surface area contributed by atoms with Gasteiger partial charge in [0.15, 0.2) is 0 Å². The molecule has 1 heterocycles. The summed E-state index contributed by atoms with van der Waals surface area (Å²) >= 11 is 3.05. The number of H-pyrrole nitrogens is 1. The average Bonchev–Trinajstić information content (AvgIpc) is 2.74. The van der Waals surface area contributed by atoms with E-state index in [0.717, 1.165) is 0 Å². The molecular formula is C10H8BrN5O3. The van der Waals surface area contributed by atoms with Crippen molar-refractivity contribution in [2.24, 2.45) is 0 Å². The second-order valence-electron chi connectivity index (χ2n) is 3.59. The van der Waals surface area contributed by atoms with E-state index >= 15 is 0 Å². The molecule has 19 heavy (non-hydrogen) atoms. The molecule has 0 spiro atoms. The van der Waals surface area contributed by atoms with E-state index in [2.05, 4.69) is 36.4 Å². The number of benzene rings is 1. The Morgan fingerprint density at radius 2 is 2.26 bits per heavy atom. The fourth-order valence-corrected chi connectivity index (χ4v) is 1.99. The Balaban J connectivity index is 2.29. The highest BCUT2D eigenvalue weighted by molar-refractivity contribution is 9.10. The molecule has 98 valence electrons. The van der Waals surface area contributed by atoms with Gasteiger partial charge in [-0.25, -0.2) is 0 Å². The summed E-state index contributed by atoms with van der Waals surface area (Å²) < 4.78 is 0.116. The van der Waals surface area contributed by atoms with Crippen LogP contribution in [0.5, 0.6) is 0 Å². The van der Waals surface area contributed by atoms with Crippen LogP contribution in [0.3, 0.4) is 0 Å². The van der Waals surface area contributed by atoms with Crippen molar-refractivity contribution < 1.29 is 9.72 Å². The third-order valence-electron chi connectivity index (χ3n) is 2.24. The molecule has 0 radical (unpaired) electrons. The van der Waals surface area contributed by atoms with Gasteiger partial charge in [0, 0.05) is 6.07 Å². The number of aryl methyl sites for hydroxylation is 1. The van der Waals surface area contributed by atoms with E-state index in [4.69, 9.17) is 0 Å². The number of nitrogens with one attached hydrogen (secondary N) is 2. The number of amides is 1. The Hall–Kier alpha value is -2.29. The molecule has 0 fully saturated rings. The van der Waals surface area contributed by atoms with Gasteiger partial charge in [-0.3, -0.25) is 25.3 Å². The molecule has 2 rings (SSSR count). The molecule has 0 bridgehead atoms. The summed E-state index contributed by atoms with van der Waals surface area (Å²) in [5.74, 6) is 0.129. The first-order chi connectivity index (χ1) is 8.99. The molecule has 1 amide bonds. The topological polar surface area (TPSA) is 114 Å². The maximum absolute atomic E-state index is 12.0. The Labute approximate surface area is 115 Å². The molecule has 0 atom stereocenters. The molecule has 2 aromatic rings. The first-order valence-corrected chi connectivity index (χ1v) is 5.91. The number of nitro groups is 1. The van der Waals surface area contributed by atoms with Gasteiger partial charge in [-0.15, -0.1) is 5.10 Å². The van der Waals surface area contributed by atoms with Gasteiger partial charge in [0.25, 0.3) is 11.6 Å². The van der Waals surface area contributed by atoms with Crippen molar-refractivity contribution >= 4 is 33.5 Å². The summed E-state index contributed by atoms with van der Waals surface area (Å²) in [5.41, 5.74) is -0.0459. The second kappa shape index (κ2) is 5.14. The molecule has 1 aromatic carbocycles. The Kier molecular flexibility index (Phi) is 3.56. The molecule has 2 N–H and O–H groups in total. The summed E-state index contributed by atoms with van der Waals surface area (Å²) in [4.78, 5) is 26.1. The first-order valence-electron chi connectivity index (χ1n) is 5.12. The van der Waals surface area contributed by atoms with Crippen LogP contribution in [0.25, 0.3) is 0 Å². The van der Waals surface area contributed by atoms with Crippen molar-refractivity contribution in [2.75, 3.05) is 5.32 Å². The number of hydrogen-bond donors (Lipinski definition) is 2. The first kappa shape index (κ1) is 13.1. The summed E-state index contributed by atoms with van der Waals surface area (Å²) in [6.07, 6.45) is 0. The van der Waals surface area contributed by atoms with Crippen LogP contribution in [-0.4, -0.2) is 26.0 Å². The van der Waals surface area contributed by atoms with Crippen molar-refractivity contribution in [1.82, 2.24) is 15.2 Å². The molecule has 9 heteroatoms. The Morgan fingerprint density at radius 1 is 1.53 bits per heavy atom. The number of carbonyl (C=O) groups excluding carboxylic acids is 1. The van der Waals surface area contributed by atoms with Crippen molar-refractivity contribution in [3.05, 3.63) is 44.2 Å². The Bertz CT molecular complexity index is 654. The number of anilines is 1. The molecule has 0 saturated carbocycles. The van der Waals surface area contributed by atoms with Crippen LogP contribution in [0.15, 0.2) is 22.7 Å². The van der Waals surface area contributed by atoms with Gasteiger partial charge >= 0.3 is 0 Å². The molecule has 1 aromatic heterocycles. The minimum absolute atomic E-state index is 0.112. The number of carbonyl (C=O) groups is 1. The van der Waals surface area contributed by atoms with E-state index < -0.39 is 10.8 Å². The highest BCUT2D eigenvalue weighted by atomic mass is 79.9. The number of rotatable bonds is 3. The summed E-state index contributed by atoms with van der Waals surface area (Å²) in [5, 5.41) is 19.5. The number of nitro benzene ring substituents is 1. The number of hydrogen-bond acceptors (Lipinski definition) is 5. The predicted octanol–water partition coefficient (Wildman–Crippen LogP) is 2.04. The van der Waals surface area contributed by atoms with E-state index in [9.17, 15) is 14.9 Å². The van der Waals surface area contributed by atoms with E-state index in [0.29, 0.717) is 5.82 Å². The van der Waals surface area contributed by atoms with E-state index in [1.807, 2.05) is 0 Å². The standard InChI is InChI=1S/C10H8BrN5O3/c1-5-12-10(15-14-5)13-9(17)6-3-2-4-7(8(6)11)16(18)19/h2-4H,1H3,(H2,12,13,14,15,17).